The number of aliphatic hydroxyl groups is 1. The van der Waals surface area contributed by atoms with E-state index in [0.717, 1.165) is 38.2 Å². The molecule has 1 aromatic rings. The molecule has 1 aliphatic rings. The van der Waals surface area contributed by atoms with Gasteiger partial charge >= 0.3 is 0 Å². The second-order valence-electron chi connectivity index (χ2n) is 5.76. The molecule has 4 nitrogen and oxygen atoms in total. The van der Waals surface area contributed by atoms with E-state index in [9.17, 15) is 9.90 Å². The molecule has 1 heterocycles. The minimum absolute atomic E-state index is 0.202. The lowest BCUT2D eigenvalue weighted by Crippen LogP contribution is -2.53. The number of carbonyl (C=O) groups excluding carboxylic acids is 1. The van der Waals surface area contributed by atoms with E-state index in [0.29, 0.717) is 6.42 Å². The minimum atomic E-state index is 0.202. The maximum Gasteiger partial charge on any atom is 0.227 e. The highest BCUT2D eigenvalue weighted by Gasteiger charge is 2.24. The highest BCUT2D eigenvalue weighted by Crippen LogP contribution is 2.13. The first-order chi connectivity index (χ1) is 10.2. The molecule has 0 spiro atoms. The summed E-state index contributed by atoms with van der Waals surface area (Å²) >= 11 is 0. The summed E-state index contributed by atoms with van der Waals surface area (Å²) in [5.41, 5.74) is 2.29. The van der Waals surface area contributed by atoms with Crippen molar-refractivity contribution in [2.45, 2.75) is 32.7 Å². The van der Waals surface area contributed by atoms with E-state index in [4.69, 9.17) is 0 Å². The largest absolute Gasteiger partial charge is 0.395 e. The Bertz CT molecular complexity index is 464. The second-order valence-corrected chi connectivity index (χ2v) is 5.76. The Morgan fingerprint density at radius 2 is 1.90 bits per heavy atom. The van der Waals surface area contributed by atoms with Gasteiger partial charge in [0.05, 0.1) is 13.0 Å². The van der Waals surface area contributed by atoms with Gasteiger partial charge in [-0.25, -0.2) is 0 Å². The average Bonchev–Trinajstić information content (AvgIpc) is 2.51. The zero-order chi connectivity index (χ0) is 15.2. The van der Waals surface area contributed by atoms with Gasteiger partial charge < -0.3 is 10.0 Å². The average molecular weight is 290 g/mol. The topological polar surface area (TPSA) is 43.8 Å². The van der Waals surface area contributed by atoms with E-state index >= 15 is 0 Å². The number of aliphatic hydroxyl groups excluding tert-OH is 1. The molecule has 1 N–H and O–H groups in total. The van der Waals surface area contributed by atoms with Crippen molar-refractivity contribution in [3.63, 3.8) is 0 Å². The molecular formula is C17H26N2O2. The molecule has 21 heavy (non-hydrogen) atoms. The van der Waals surface area contributed by atoms with Crippen LogP contribution in [0.25, 0.3) is 0 Å². The highest BCUT2D eigenvalue weighted by atomic mass is 16.3. The second kappa shape index (κ2) is 7.57. The molecule has 1 unspecified atom stereocenters. The van der Waals surface area contributed by atoms with Crippen LogP contribution in [0, 0.1) is 6.92 Å². The first-order valence-corrected chi connectivity index (χ1v) is 7.83. The van der Waals surface area contributed by atoms with Crippen LogP contribution in [0.15, 0.2) is 24.3 Å². The molecule has 1 aliphatic heterocycles. The van der Waals surface area contributed by atoms with Gasteiger partial charge in [0.15, 0.2) is 0 Å². The van der Waals surface area contributed by atoms with Gasteiger partial charge in [-0.1, -0.05) is 31.2 Å². The summed E-state index contributed by atoms with van der Waals surface area (Å²) < 4.78 is 0. The van der Waals surface area contributed by atoms with Crippen molar-refractivity contribution in [2.75, 3.05) is 32.8 Å². The Morgan fingerprint density at radius 3 is 2.48 bits per heavy atom. The number of hydrogen-bond acceptors (Lipinski definition) is 3. The summed E-state index contributed by atoms with van der Waals surface area (Å²) in [6.45, 7) is 7.59. The van der Waals surface area contributed by atoms with Crippen molar-refractivity contribution in [1.29, 1.82) is 0 Å². The molecule has 1 amide bonds. The number of piperazine rings is 1. The molecule has 0 aromatic heterocycles. The minimum Gasteiger partial charge on any atom is -0.395 e. The zero-order valence-corrected chi connectivity index (χ0v) is 13.1. The third kappa shape index (κ3) is 4.05. The van der Waals surface area contributed by atoms with E-state index in [1.165, 1.54) is 5.56 Å². The van der Waals surface area contributed by atoms with Gasteiger partial charge in [0.2, 0.25) is 5.91 Å². The molecule has 1 saturated heterocycles. The van der Waals surface area contributed by atoms with Gasteiger partial charge in [-0.15, -0.1) is 0 Å². The van der Waals surface area contributed by atoms with Crippen molar-refractivity contribution >= 4 is 5.91 Å². The van der Waals surface area contributed by atoms with E-state index in [-0.39, 0.29) is 18.6 Å². The Hall–Kier alpha value is -1.39. The maximum atomic E-state index is 12.4. The van der Waals surface area contributed by atoms with E-state index in [1.54, 1.807) is 0 Å². The fourth-order valence-corrected chi connectivity index (χ4v) is 2.92. The van der Waals surface area contributed by atoms with Crippen LogP contribution in [0.3, 0.4) is 0 Å². The molecule has 116 valence electrons. The number of nitrogens with zero attached hydrogens (tertiary/aromatic N) is 2. The normalized spacial score (nSPS) is 17.8. The molecule has 1 fully saturated rings. The Morgan fingerprint density at radius 1 is 1.24 bits per heavy atom. The molecular weight excluding hydrogens is 264 g/mol. The molecule has 2 rings (SSSR count). The number of hydrogen-bond donors (Lipinski definition) is 1. The van der Waals surface area contributed by atoms with Crippen LogP contribution in [0.2, 0.25) is 0 Å². The fraction of sp³-hybridized carbons (Fsp3) is 0.588. The first kappa shape index (κ1) is 16.0. The first-order valence-electron chi connectivity index (χ1n) is 7.83. The number of benzene rings is 1. The predicted molar refractivity (Wildman–Crippen MR) is 84.2 cm³/mol. The van der Waals surface area contributed by atoms with E-state index in [2.05, 4.69) is 11.8 Å². The Balaban J connectivity index is 1.87. The summed E-state index contributed by atoms with van der Waals surface area (Å²) in [6, 6.07) is 8.30. The number of amides is 1. The monoisotopic (exact) mass is 290 g/mol. The molecule has 4 heteroatoms. The van der Waals surface area contributed by atoms with E-state index in [1.807, 2.05) is 36.1 Å². The van der Waals surface area contributed by atoms with Gasteiger partial charge in [-0.05, 0) is 24.5 Å². The quantitative estimate of drug-likeness (QED) is 0.893. The SMILES string of the molecule is CCC(CO)N1CCN(C(=O)Cc2ccccc2C)CC1. The van der Waals surface area contributed by atoms with Crippen molar-refractivity contribution in [3.05, 3.63) is 35.4 Å². The van der Waals surface area contributed by atoms with Crippen LogP contribution < -0.4 is 0 Å². The van der Waals surface area contributed by atoms with Gasteiger partial charge in [-0.3, -0.25) is 9.69 Å². The Kier molecular flexibility index (Phi) is 5.76. The van der Waals surface area contributed by atoms with Crippen LogP contribution in [-0.2, 0) is 11.2 Å². The van der Waals surface area contributed by atoms with Crippen molar-refractivity contribution in [2.24, 2.45) is 0 Å². The third-order valence-electron chi connectivity index (χ3n) is 4.47. The lowest BCUT2D eigenvalue weighted by atomic mass is 10.0. The van der Waals surface area contributed by atoms with Gasteiger partial charge in [0, 0.05) is 32.2 Å². The summed E-state index contributed by atoms with van der Waals surface area (Å²) in [6.07, 6.45) is 1.44. The summed E-state index contributed by atoms with van der Waals surface area (Å²) in [4.78, 5) is 16.6. The van der Waals surface area contributed by atoms with Crippen LogP contribution in [-0.4, -0.2) is 59.6 Å². The smallest absolute Gasteiger partial charge is 0.227 e. The van der Waals surface area contributed by atoms with Crippen LogP contribution in [0.4, 0.5) is 0 Å². The maximum absolute atomic E-state index is 12.4. The van der Waals surface area contributed by atoms with Crippen molar-refractivity contribution < 1.29 is 9.90 Å². The van der Waals surface area contributed by atoms with Crippen molar-refractivity contribution in [1.82, 2.24) is 9.80 Å². The van der Waals surface area contributed by atoms with Gasteiger partial charge in [0.25, 0.3) is 0 Å². The highest BCUT2D eigenvalue weighted by molar-refractivity contribution is 5.79. The summed E-state index contributed by atoms with van der Waals surface area (Å²) in [5, 5.41) is 9.36. The molecule has 0 saturated carbocycles. The fourth-order valence-electron chi connectivity index (χ4n) is 2.92. The third-order valence-corrected chi connectivity index (χ3v) is 4.47. The predicted octanol–water partition coefficient (Wildman–Crippen LogP) is 1.45. The molecule has 1 aromatic carbocycles. The zero-order valence-electron chi connectivity index (χ0n) is 13.1. The molecule has 0 radical (unpaired) electrons. The summed E-state index contributed by atoms with van der Waals surface area (Å²) in [7, 11) is 0. The number of rotatable bonds is 5. The molecule has 0 aliphatic carbocycles. The lowest BCUT2D eigenvalue weighted by molar-refractivity contribution is -0.132. The van der Waals surface area contributed by atoms with Crippen LogP contribution >= 0.6 is 0 Å². The van der Waals surface area contributed by atoms with Gasteiger partial charge in [0.1, 0.15) is 0 Å². The number of carbonyl (C=O) groups is 1. The summed E-state index contributed by atoms with van der Waals surface area (Å²) in [5.74, 6) is 0.209. The number of aryl methyl sites for hydroxylation is 1. The standard InChI is InChI=1S/C17H26N2O2/c1-3-16(13-20)18-8-10-19(11-9-18)17(21)12-15-7-5-4-6-14(15)2/h4-7,16,20H,3,8-13H2,1-2H3. The molecule has 0 bridgehead atoms. The van der Waals surface area contributed by atoms with Crippen molar-refractivity contribution in [3.8, 4) is 0 Å². The van der Waals surface area contributed by atoms with Crippen LogP contribution in [0.1, 0.15) is 24.5 Å². The lowest BCUT2D eigenvalue weighted by Gasteiger charge is -2.38. The van der Waals surface area contributed by atoms with E-state index < -0.39 is 0 Å². The van der Waals surface area contributed by atoms with Gasteiger partial charge in [-0.2, -0.15) is 0 Å². The molecule has 1 atom stereocenters. The van der Waals surface area contributed by atoms with Crippen LogP contribution in [0.5, 0.6) is 0 Å². The Labute approximate surface area is 127 Å².